The van der Waals surface area contributed by atoms with E-state index in [1.165, 1.54) is 25.7 Å². The van der Waals surface area contributed by atoms with E-state index in [-0.39, 0.29) is 11.9 Å². The third-order valence-electron chi connectivity index (χ3n) is 3.92. The zero-order valence-electron chi connectivity index (χ0n) is 12.0. The molecule has 0 unspecified atom stereocenters. The van der Waals surface area contributed by atoms with Gasteiger partial charge in [0.1, 0.15) is 0 Å². The number of pyridine rings is 1. The van der Waals surface area contributed by atoms with Crippen LogP contribution in [0.1, 0.15) is 43.1 Å². The molecule has 0 bridgehead atoms. The van der Waals surface area contributed by atoms with E-state index < -0.39 is 0 Å². The molecule has 1 atom stereocenters. The van der Waals surface area contributed by atoms with Crippen molar-refractivity contribution in [3.8, 4) is 0 Å². The Morgan fingerprint density at radius 3 is 2.85 bits per heavy atom. The monoisotopic (exact) mass is 290 g/mol. The maximum absolute atomic E-state index is 12.1. The van der Waals surface area contributed by atoms with E-state index in [0.29, 0.717) is 11.7 Å². The summed E-state index contributed by atoms with van der Waals surface area (Å²) in [4.78, 5) is 16.7. The first-order chi connectivity index (χ1) is 9.72. The fraction of sp³-hybridized carbons (Fsp3) is 0.625. The molecule has 1 heterocycles. The minimum Gasteiger partial charge on any atom is -0.347 e. The van der Waals surface area contributed by atoms with Crippen LogP contribution in [-0.2, 0) is 4.79 Å². The van der Waals surface area contributed by atoms with Crippen LogP contribution in [0.25, 0.3) is 0 Å². The first-order valence-corrected chi connectivity index (χ1v) is 8.68. The molecular formula is C16H22N2OS. The number of amides is 1. The molecule has 4 heteroatoms. The van der Waals surface area contributed by atoms with Crippen LogP contribution < -0.4 is 5.32 Å². The first kappa shape index (κ1) is 13.9. The van der Waals surface area contributed by atoms with Crippen LogP contribution in [0, 0.1) is 18.8 Å². The molecular weight excluding hydrogens is 268 g/mol. The Labute approximate surface area is 124 Å². The second kappa shape index (κ2) is 6.17. The van der Waals surface area contributed by atoms with Gasteiger partial charge in [0.15, 0.2) is 0 Å². The number of carbonyl (C=O) groups excluding carboxylic acids is 1. The Balaban J connectivity index is 1.55. The molecule has 2 saturated carbocycles. The predicted octanol–water partition coefficient (Wildman–Crippen LogP) is 3.10. The maximum atomic E-state index is 12.1. The predicted molar refractivity (Wildman–Crippen MR) is 82.6 cm³/mol. The summed E-state index contributed by atoms with van der Waals surface area (Å²) in [5.41, 5.74) is 2.04. The molecule has 108 valence electrons. The number of nitrogens with zero attached hydrogens (tertiary/aromatic N) is 1. The fourth-order valence-corrected chi connectivity index (χ4v) is 3.47. The second-order valence-corrected chi connectivity index (χ2v) is 7.08. The van der Waals surface area contributed by atoms with Crippen molar-refractivity contribution in [1.29, 1.82) is 0 Å². The average Bonchev–Trinajstić information content (AvgIpc) is 3.28. The summed E-state index contributed by atoms with van der Waals surface area (Å²) < 4.78 is 0. The first-order valence-electron chi connectivity index (χ1n) is 7.53. The number of hydrogen-bond acceptors (Lipinski definition) is 3. The molecule has 0 aliphatic heterocycles. The lowest BCUT2D eigenvalue weighted by Gasteiger charge is -2.18. The number of aromatic nitrogens is 1. The normalized spacial score (nSPS) is 19.6. The Morgan fingerprint density at radius 2 is 2.20 bits per heavy atom. The molecule has 1 aromatic rings. The number of carbonyl (C=O) groups is 1. The maximum Gasteiger partial charge on any atom is 0.230 e. The van der Waals surface area contributed by atoms with E-state index in [1.54, 1.807) is 11.8 Å². The van der Waals surface area contributed by atoms with Crippen molar-refractivity contribution in [2.24, 2.45) is 11.8 Å². The molecule has 2 fully saturated rings. The fourth-order valence-electron chi connectivity index (χ4n) is 2.42. The lowest BCUT2D eigenvalue weighted by molar-refractivity contribution is -0.119. The van der Waals surface area contributed by atoms with Crippen molar-refractivity contribution in [2.75, 3.05) is 11.5 Å². The number of rotatable bonds is 7. The van der Waals surface area contributed by atoms with Gasteiger partial charge in [0.2, 0.25) is 5.91 Å². The van der Waals surface area contributed by atoms with Crippen LogP contribution in [0.15, 0.2) is 18.2 Å². The second-order valence-electron chi connectivity index (χ2n) is 6.04. The average molecular weight is 290 g/mol. The van der Waals surface area contributed by atoms with Gasteiger partial charge >= 0.3 is 0 Å². The third kappa shape index (κ3) is 3.98. The van der Waals surface area contributed by atoms with Crippen molar-refractivity contribution in [2.45, 2.75) is 38.6 Å². The summed E-state index contributed by atoms with van der Waals surface area (Å²) in [6.45, 7) is 2.00. The quantitative estimate of drug-likeness (QED) is 0.839. The number of thioether (sulfide) groups is 1. The van der Waals surface area contributed by atoms with Crippen molar-refractivity contribution in [3.05, 3.63) is 29.6 Å². The lowest BCUT2D eigenvalue weighted by atomic mass is 10.1. The van der Waals surface area contributed by atoms with Crippen molar-refractivity contribution >= 4 is 17.7 Å². The van der Waals surface area contributed by atoms with Gasteiger partial charge in [-0.1, -0.05) is 6.07 Å². The van der Waals surface area contributed by atoms with Gasteiger partial charge in [0, 0.05) is 5.69 Å². The van der Waals surface area contributed by atoms with E-state index in [2.05, 4.69) is 10.3 Å². The van der Waals surface area contributed by atoms with Crippen LogP contribution >= 0.6 is 11.8 Å². The Hall–Kier alpha value is -1.03. The van der Waals surface area contributed by atoms with Crippen LogP contribution in [0.3, 0.4) is 0 Å². The van der Waals surface area contributed by atoms with E-state index in [1.807, 2.05) is 25.1 Å². The van der Waals surface area contributed by atoms with Gasteiger partial charge < -0.3 is 5.32 Å². The molecule has 3 nitrogen and oxygen atoms in total. The van der Waals surface area contributed by atoms with E-state index in [0.717, 1.165) is 23.1 Å². The summed E-state index contributed by atoms with van der Waals surface area (Å²) in [5, 5.41) is 3.19. The van der Waals surface area contributed by atoms with E-state index in [9.17, 15) is 4.79 Å². The minimum absolute atomic E-state index is 0.115. The molecule has 0 radical (unpaired) electrons. The molecule has 3 rings (SSSR count). The highest BCUT2D eigenvalue weighted by Crippen LogP contribution is 2.40. The van der Waals surface area contributed by atoms with Gasteiger partial charge in [-0.2, -0.15) is 11.8 Å². The standard InChI is InChI=1S/C16H22N2OS/c1-11-3-2-4-14(17-11)16(13-7-8-13)18-15(19)10-20-9-12-5-6-12/h2-4,12-13,16H,5-10H2,1H3,(H,18,19)/t16-/m1/s1. The van der Waals surface area contributed by atoms with Crippen molar-refractivity contribution < 1.29 is 4.79 Å². The summed E-state index contributed by atoms with van der Waals surface area (Å²) in [6, 6.07) is 6.18. The van der Waals surface area contributed by atoms with E-state index in [4.69, 9.17) is 0 Å². The molecule has 2 aliphatic rings. The van der Waals surface area contributed by atoms with Gasteiger partial charge in [-0.15, -0.1) is 0 Å². The highest BCUT2D eigenvalue weighted by atomic mass is 32.2. The van der Waals surface area contributed by atoms with Gasteiger partial charge in [0.05, 0.1) is 17.5 Å². The van der Waals surface area contributed by atoms with Crippen LogP contribution in [0.2, 0.25) is 0 Å². The molecule has 0 spiro atoms. The zero-order chi connectivity index (χ0) is 13.9. The summed E-state index contributed by atoms with van der Waals surface area (Å²) in [5.74, 6) is 3.36. The van der Waals surface area contributed by atoms with Crippen molar-refractivity contribution in [3.63, 3.8) is 0 Å². The van der Waals surface area contributed by atoms with Gasteiger partial charge in [-0.05, 0) is 62.3 Å². The van der Waals surface area contributed by atoms with Crippen molar-refractivity contribution in [1.82, 2.24) is 10.3 Å². The number of nitrogens with one attached hydrogen (secondary N) is 1. The summed E-state index contributed by atoms with van der Waals surface area (Å²) in [7, 11) is 0. The number of hydrogen-bond donors (Lipinski definition) is 1. The molecule has 1 N–H and O–H groups in total. The highest BCUT2D eigenvalue weighted by Gasteiger charge is 2.34. The SMILES string of the molecule is Cc1cccc([C@H](NC(=O)CSCC2CC2)C2CC2)n1. The third-order valence-corrected chi connectivity index (χ3v) is 5.10. The molecule has 1 aromatic heterocycles. The molecule has 0 saturated heterocycles. The van der Waals surface area contributed by atoms with Gasteiger partial charge in [-0.25, -0.2) is 0 Å². The molecule has 2 aliphatic carbocycles. The number of aryl methyl sites for hydroxylation is 1. The summed E-state index contributed by atoms with van der Waals surface area (Å²) in [6.07, 6.45) is 5.12. The van der Waals surface area contributed by atoms with Crippen LogP contribution in [0.4, 0.5) is 0 Å². The van der Waals surface area contributed by atoms with Crippen LogP contribution in [0.5, 0.6) is 0 Å². The topological polar surface area (TPSA) is 42.0 Å². The van der Waals surface area contributed by atoms with Crippen LogP contribution in [-0.4, -0.2) is 22.4 Å². The smallest absolute Gasteiger partial charge is 0.230 e. The van der Waals surface area contributed by atoms with Gasteiger partial charge in [-0.3, -0.25) is 9.78 Å². The Bertz CT molecular complexity index is 483. The zero-order valence-corrected chi connectivity index (χ0v) is 12.8. The van der Waals surface area contributed by atoms with Gasteiger partial charge in [0.25, 0.3) is 0 Å². The molecule has 20 heavy (non-hydrogen) atoms. The summed E-state index contributed by atoms with van der Waals surface area (Å²) >= 11 is 1.77. The highest BCUT2D eigenvalue weighted by molar-refractivity contribution is 7.99. The molecule has 0 aromatic carbocycles. The van der Waals surface area contributed by atoms with E-state index >= 15 is 0 Å². The minimum atomic E-state index is 0.115. The largest absolute Gasteiger partial charge is 0.347 e. The lowest BCUT2D eigenvalue weighted by Crippen LogP contribution is -2.32. The Morgan fingerprint density at radius 1 is 1.40 bits per heavy atom. The molecule has 1 amide bonds. The Kier molecular flexibility index (Phi) is 4.29.